The fourth-order valence-electron chi connectivity index (χ4n) is 1.92. The molecule has 1 fully saturated rings. The Hall–Kier alpha value is -0.960. The van der Waals surface area contributed by atoms with Gasteiger partial charge in [-0.15, -0.1) is 0 Å². The molecule has 17 heavy (non-hydrogen) atoms. The van der Waals surface area contributed by atoms with Gasteiger partial charge in [-0.3, -0.25) is 0 Å². The van der Waals surface area contributed by atoms with E-state index in [4.69, 9.17) is 0 Å². The minimum atomic E-state index is -2.69. The molecule has 1 N–H and O–H groups in total. The van der Waals surface area contributed by atoms with Gasteiger partial charge in [-0.1, -0.05) is 31.5 Å². The first kappa shape index (κ1) is 12.5. The van der Waals surface area contributed by atoms with Crippen molar-refractivity contribution in [3.63, 3.8) is 0 Å². The van der Waals surface area contributed by atoms with Gasteiger partial charge in [0.05, 0.1) is 0 Å². The van der Waals surface area contributed by atoms with Gasteiger partial charge < -0.3 is 5.32 Å². The molecule has 0 amide bonds. The molecule has 1 nitrogen and oxygen atoms in total. The summed E-state index contributed by atoms with van der Waals surface area (Å²) in [6, 6.07) is 7.39. The normalized spacial score (nSPS) is 16.2. The molecule has 0 unspecified atom stereocenters. The summed E-state index contributed by atoms with van der Waals surface area (Å²) < 4.78 is 27.5. The average molecular weight is 239 g/mol. The topological polar surface area (TPSA) is 12.0 Å². The lowest BCUT2D eigenvalue weighted by molar-refractivity contribution is -0.0141. The summed E-state index contributed by atoms with van der Waals surface area (Å²) in [7, 11) is 0. The predicted octanol–water partition coefficient (Wildman–Crippen LogP) is 3.83. The van der Waals surface area contributed by atoms with E-state index in [2.05, 4.69) is 5.32 Å². The molecule has 2 rings (SSSR count). The van der Waals surface area contributed by atoms with Crippen molar-refractivity contribution in [2.24, 2.45) is 0 Å². The van der Waals surface area contributed by atoms with Crippen LogP contribution in [0.15, 0.2) is 24.3 Å². The summed E-state index contributed by atoms with van der Waals surface area (Å²) in [5.41, 5.74) is 1.10. The number of rotatable bonds is 6. The average Bonchev–Trinajstić information content (AvgIpc) is 3.10. The number of halogens is 2. The summed E-state index contributed by atoms with van der Waals surface area (Å²) in [6.45, 7) is 2.48. The first-order valence-corrected chi connectivity index (χ1v) is 6.32. The Morgan fingerprint density at radius 3 is 2.76 bits per heavy atom. The second-order valence-corrected chi connectivity index (χ2v) is 4.81. The molecular formula is C14H19F2N. The maximum Gasteiger partial charge on any atom is 0.273 e. The number of hydrogen-bond acceptors (Lipinski definition) is 1. The second-order valence-electron chi connectivity index (χ2n) is 4.81. The summed E-state index contributed by atoms with van der Waals surface area (Å²) in [6.07, 6.45) is 2.85. The quantitative estimate of drug-likeness (QED) is 0.795. The molecule has 1 aliphatic rings. The van der Waals surface area contributed by atoms with E-state index in [0.29, 0.717) is 19.0 Å². The highest BCUT2D eigenvalue weighted by Crippen LogP contribution is 2.33. The number of alkyl halides is 2. The number of benzene rings is 1. The van der Waals surface area contributed by atoms with Crippen LogP contribution < -0.4 is 5.32 Å². The summed E-state index contributed by atoms with van der Waals surface area (Å²) in [5, 5.41) is 3.34. The molecule has 0 heterocycles. The Balaban J connectivity index is 2.03. The van der Waals surface area contributed by atoms with Crippen LogP contribution in [0.4, 0.5) is 8.78 Å². The monoisotopic (exact) mass is 239 g/mol. The highest BCUT2D eigenvalue weighted by atomic mass is 19.3. The molecule has 1 aromatic rings. The Morgan fingerprint density at radius 1 is 1.35 bits per heavy atom. The largest absolute Gasteiger partial charge is 0.310 e. The van der Waals surface area contributed by atoms with Crippen molar-refractivity contribution >= 4 is 0 Å². The van der Waals surface area contributed by atoms with E-state index in [9.17, 15) is 8.78 Å². The number of hydrogen-bond donors (Lipinski definition) is 1. The van der Waals surface area contributed by atoms with Gasteiger partial charge >= 0.3 is 0 Å². The molecule has 1 aromatic carbocycles. The van der Waals surface area contributed by atoms with Crippen LogP contribution in [-0.2, 0) is 12.5 Å². The van der Waals surface area contributed by atoms with Crippen molar-refractivity contribution in [2.75, 3.05) is 0 Å². The molecule has 0 spiro atoms. The lowest BCUT2D eigenvalue weighted by atomic mass is 10.0. The Kier molecular flexibility index (Phi) is 3.77. The third-order valence-electron chi connectivity index (χ3n) is 3.09. The molecule has 1 saturated carbocycles. The van der Waals surface area contributed by atoms with Gasteiger partial charge in [-0.05, 0) is 24.5 Å². The van der Waals surface area contributed by atoms with E-state index in [1.54, 1.807) is 19.1 Å². The Labute approximate surface area is 101 Å². The zero-order valence-electron chi connectivity index (χ0n) is 10.2. The standard InChI is InChI=1S/C14H19F2N/c1-2-8-14(15,16)12-5-3-4-11(9-12)10-17-13-6-7-13/h3-5,9,13,17H,2,6-8,10H2,1H3. The maximum atomic E-state index is 13.7. The van der Waals surface area contributed by atoms with Gasteiger partial charge in [0.15, 0.2) is 0 Å². The van der Waals surface area contributed by atoms with Gasteiger partial charge in [0.1, 0.15) is 0 Å². The highest BCUT2D eigenvalue weighted by molar-refractivity contribution is 5.27. The smallest absolute Gasteiger partial charge is 0.273 e. The summed E-state index contributed by atoms with van der Waals surface area (Å²) in [5.74, 6) is -2.69. The van der Waals surface area contributed by atoms with E-state index in [1.165, 1.54) is 18.9 Å². The fourth-order valence-corrected chi connectivity index (χ4v) is 1.92. The van der Waals surface area contributed by atoms with Crippen LogP contribution in [0.2, 0.25) is 0 Å². The van der Waals surface area contributed by atoms with Crippen LogP contribution in [-0.4, -0.2) is 6.04 Å². The molecule has 0 atom stereocenters. The van der Waals surface area contributed by atoms with Crippen molar-refractivity contribution in [1.82, 2.24) is 5.32 Å². The van der Waals surface area contributed by atoms with E-state index in [-0.39, 0.29) is 12.0 Å². The lowest BCUT2D eigenvalue weighted by Gasteiger charge is -2.16. The minimum absolute atomic E-state index is 0.0769. The van der Waals surface area contributed by atoms with E-state index in [1.807, 2.05) is 6.07 Å². The molecule has 0 saturated heterocycles. The van der Waals surface area contributed by atoms with Crippen LogP contribution in [0.1, 0.15) is 43.7 Å². The van der Waals surface area contributed by atoms with Crippen LogP contribution in [0.5, 0.6) is 0 Å². The fraction of sp³-hybridized carbons (Fsp3) is 0.571. The molecule has 0 bridgehead atoms. The molecule has 94 valence electrons. The van der Waals surface area contributed by atoms with Crippen molar-refractivity contribution in [3.8, 4) is 0 Å². The van der Waals surface area contributed by atoms with Gasteiger partial charge in [0.2, 0.25) is 0 Å². The third kappa shape index (κ3) is 3.50. The van der Waals surface area contributed by atoms with Crippen molar-refractivity contribution in [3.05, 3.63) is 35.4 Å². The first-order valence-electron chi connectivity index (χ1n) is 6.32. The predicted molar refractivity (Wildman–Crippen MR) is 65.1 cm³/mol. The molecule has 0 aliphatic heterocycles. The van der Waals surface area contributed by atoms with Crippen LogP contribution in [0.3, 0.4) is 0 Å². The molecule has 0 radical (unpaired) electrons. The van der Waals surface area contributed by atoms with Crippen molar-refractivity contribution < 1.29 is 8.78 Å². The van der Waals surface area contributed by atoms with Crippen LogP contribution in [0.25, 0.3) is 0 Å². The van der Waals surface area contributed by atoms with Gasteiger partial charge in [-0.2, -0.15) is 0 Å². The zero-order valence-corrected chi connectivity index (χ0v) is 10.2. The molecule has 3 heteroatoms. The molecular weight excluding hydrogens is 220 g/mol. The first-order chi connectivity index (χ1) is 8.12. The second kappa shape index (κ2) is 5.13. The Bertz CT molecular complexity index is 372. The van der Waals surface area contributed by atoms with E-state index < -0.39 is 5.92 Å². The van der Waals surface area contributed by atoms with Gasteiger partial charge in [0, 0.05) is 24.6 Å². The maximum absolute atomic E-state index is 13.7. The number of nitrogens with one attached hydrogen (secondary N) is 1. The van der Waals surface area contributed by atoms with Crippen LogP contribution >= 0.6 is 0 Å². The van der Waals surface area contributed by atoms with E-state index >= 15 is 0 Å². The highest BCUT2D eigenvalue weighted by Gasteiger charge is 2.30. The van der Waals surface area contributed by atoms with Gasteiger partial charge in [-0.25, -0.2) is 8.78 Å². The third-order valence-corrected chi connectivity index (χ3v) is 3.09. The lowest BCUT2D eigenvalue weighted by Crippen LogP contribution is -2.17. The van der Waals surface area contributed by atoms with Crippen molar-refractivity contribution in [1.29, 1.82) is 0 Å². The molecule has 0 aromatic heterocycles. The van der Waals surface area contributed by atoms with Crippen molar-refractivity contribution in [2.45, 2.75) is 51.1 Å². The summed E-state index contributed by atoms with van der Waals surface area (Å²) >= 11 is 0. The van der Waals surface area contributed by atoms with Crippen LogP contribution in [0, 0.1) is 0 Å². The van der Waals surface area contributed by atoms with E-state index in [0.717, 1.165) is 5.56 Å². The summed E-state index contributed by atoms with van der Waals surface area (Å²) in [4.78, 5) is 0. The molecule has 1 aliphatic carbocycles. The minimum Gasteiger partial charge on any atom is -0.310 e. The SMILES string of the molecule is CCCC(F)(F)c1cccc(CNC2CC2)c1. The Morgan fingerprint density at radius 2 is 2.12 bits per heavy atom. The van der Waals surface area contributed by atoms with Gasteiger partial charge in [0.25, 0.3) is 5.92 Å². The zero-order chi connectivity index (χ0) is 12.3.